The number of hydrogen-bond acceptors (Lipinski definition) is 11. The van der Waals surface area contributed by atoms with Gasteiger partial charge in [-0.2, -0.15) is 0 Å². The number of benzene rings is 3. The van der Waals surface area contributed by atoms with Crippen LogP contribution in [0.15, 0.2) is 89.2 Å². The first kappa shape index (κ1) is 41.0. The Morgan fingerprint density at radius 3 is 2.53 bits per heavy atom. The van der Waals surface area contributed by atoms with E-state index in [9.17, 15) is 29.4 Å². The number of amides is 3. The molecule has 1 aliphatic heterocycles. The number of ether oxygens (including phenoxy) is 1. The lowest BCUT2D eigenvalue weighted by molar-refractivity contribution is -0.130. The third kappa shape index (κ3) is 11.7. The average molecular weight is 796 g/mol. The van der Waals surface area contributed by atoms with Crippen molar-refractivity contribution in [3.05, 3.63) is 106 Å². The monoisotopic (exact) mass is 795 g/mol. The summed E-state index contributed by atoms with van der Waals surface area (Å²) in [6.45, 7) is 3.44. The molecule has 0 bridgehead atoms. The van der Waals surface area contributed by atoms with Crippen LogP contribution in [0, 0.1) is 0 Å². The van der Waals surface area contributed by atoms with Crippen LogP contribution in [0.25, 0.3) is 21.3 Å². The number of carbonyl (C=O) groups excluding carboxylic acids is 3. The molecule has 15 heteroatoms. The van der Waals surface area contributed by atoms with Crippen LogP contribution in [0.5, 0.6) is 5.75 Å². The zero-order chi connectivity index (χ0) is 40.1. The number of anilines is 2. The largest absolute Gasteiger partial charge is 0.506 e. The molecule has 3 aromatic carbocycles. The molecule has 14 nitrogen and oxygen atoms in total. The van der Waals surface area contributed by atoms with Crippen LogP contribution in [0.3, 0.4) is 0 Å². The van der Waals surface area contributed by atoms with Gasteiger partial charge in [-0.05, 0) is 66.6 Å². The Morgan fingerprint density at radius 1 is 0.982 bits per heavy atom. The second-order valence-electron chi connectivity index (χ2n) is 14.2. The van der Waals surface area contributed by atoms with Crippen molar-refractivity contribution in [2.75, 3.05) is 50.4 Å². The minimum Gasteiger partial charge on any atom is -0.506 e. The van der Waals surface area contributed by atoms with Crippen LogP contribution in [0.4, 0.5) is 16.3 Å². The number of hydrogen-bond donors (Lipinski definition) is 6. The van der Waals surface area contributed by atoms with E-state index in [1.807, 2.05) is 54.6 Å². The molecule has 1 saturated heterocycles. The smallest absolute Gasteiger partial charge is 0.413 e. The number of aromatic nitrogens is 2. The van der Waals surface area contributed by atoms with Crippen molar-refractivity contribution in [1.29, 1.82) is 0 Å². The highest BCUT2D eigenvalue weighted by Crippen LogP contribution is 2.32. The minimum atomic E-state index is -0.862. The molecule has 300 valence electrons. The number of likely N-dealkylation sites (tertiary alicyclic amines) is 1. The van der Waals surface area contributed by atoms with Gasteiger partial charge in [-0.1, -0.05) is 48.5 Å². The van der Waals surface area contributed by atoms with Crippen molar-refractivity contribution in [3.63, 3.8) is 0 Å². The molecule has 57 heavy (non-hydrogen) atoms. The second kappa shape index (κ2) is 20.0. The standard InChI is InChI=1S/C42H49N7O7S/c1-48(38(54)20-24-49-22-18-31(19-23-49)56-42(55)47-41-40(57-27-44-41)29-7-3-2-4-8-29)21-6-5-9-36(52)45-30-12-10-28(11-13-30)25-43-26-35(51)32-14-16-34(50)39-33(32)15-17-37(53)46-39/h2-4,7-8,10-17,27,31,35,43,50-51H,5-6,9,18-26H2,1H3,(H,45,52)(H,46,53)(H,47,55)/t35-/m0/s1. The molecular formula is C42H49N7O7S. The van der Waals surface area contributed by atoms with Gasteiger partial charge in [0.2, 0.25) is 17.4 Å². The van der Waals surface area contributed by atoms with Crippen molar-refractivity contribution in [3.8, 4) is 16.2 Å². The van der Waals surface area contributed by atoms with Crippen LogP contribution < -0.4 is 21.5 Å². The molecule has 6 N–H and O–H groups in total. The van der Waals surface area contributed by atoms with Crippen molar-refractivity contribution in [2.45, 2.75) is 57.3 Å². The highest BCUT2D eigenvalue weighted by molar-refractivity contribution is 7.13. The number of aliphatic hydroxyl groups excluding tert-OH is 1. The number of phenolic OH excluding ortho intramolecular Hbond substituents is 1. The van der Waals surface area contributed by atoms with E-state index in [0.29, 0.717) is 80.6 Å². The summed E-state index contributed by atoms with van der Waals surface area (Å²) in [6, 6.07) is 23.3. The number of piperidine rings is 1. The van der Waals surface area contributed by atoms with Crippen LogP contribution in [-0.4, -0.2) is 93.8 Å². The molecule has 3 amide bonds. The first-order valence-electron chi connectivity index (χ1n) is 19.2. The molecule has 1 fully saturated rings. The van der Waals surface area contributed by atoms with Gasteiger partial charge >= 0.3 is 6.09 Å². The predicted molar refractivity (Wildman–Crippen MR) is 221 cm³/mol. The molecule has 0 aliphatic carbocycles. The molecule has 1 aliphatic rings. The number of thiazole rings is 1. The van der Waals surface area contributed by atoms with Gasteiger partial charge in [0.05, 0.1) is 22.0 Å². The van der Waals surface area contributed by atoms with E-state index < -0.39 is 12.2 Å². The van der Waals surface area contributed by atoms with Gasteiger partial charge in [0.1, 0.15) is 11.9 Å². The number of rotatable bonds is 17. The first-order chi connectivity index (χ1) is 27.6. The number of aromatic amines is 1. The number of aliphatic hydroxyl groups is 1. The van der Waals surface area contributed by atoms with Crippen LogP contribution in [-0.2, 0) is 20.9 Å². The summed E-state index contributed by atoms with van der Waals surface area (Å²) < 4.78 is 5.69. The number of carbonyl (C=O) groups is 3. The summed E-state index contributed by atoms with van der Waals surface area (Å²) in [4.78, 5) is 61.4. The van der Waals surface area contributed by atoms with Crippen LogP contribution in [0.2, 0.25) is 0 Å². The first-order valence-corrected chi connectivity index (χ1v) is 20.1. The number of pyridine rings is 1. The molecule has 6 rings (SSSR count). The summed E-state index contributed by atoms with van der Waals surface area (Å²) in [7, 11) is 1.79. The average Bonchev–Trinajstić information content (AvgIpc) is 3.68. The van der Waals surface area contributed by atoms with Gasteiger partial charge in [-0.15, -0.1) is 11.3 Å². The van der Waals surface area contributed by atoms with E-state index in [1.54, 1.807) is 29.6 Å². The van der Waals surface area contributed by atoms with E-state index in [4.69, 9.17) is 4.74 Å². The summed E-state index contributed by atoms with van der Waals surface area (Å²) in [5.74, 6) is 0.404. The fourth-order valence-electron chi connectivity index (χ4n) is 6.80. The number of H-pyrrole nitrogens is 1. The summed E-state index contributed by atoms with van der Waals surface area (Å²) in [5.41, 5.74) is 4.89. The van der Waals surface area contributed by atoms with Crippen molar-refractivity contribution in [2.24, 2.45) is 0 Å². The van der Waals surface area contributed by atoms with E-state index in [2.05, 4.69) is 30.8 Å². The van der Waals surface area contributed by atoms with Crippen molar-refractivity contribution < 1.29 is 29.3 Å². The maximum absolute atomic E-state index is 12.8. The number of aromatic hydroxyl groups is 1. The van der Waals surface area contributed by atoms with Crippen molar-refractivity contribution >= 4 is 51.7 Å². The predicted octanol–water partition coefficient (Wildman–Crippen LogP) is 5.85. The summed E-state index contributed by atoms with van der Waals surface area (Å²) >= 11 is 1.46. The number of unbranched alkanes of at least 4 members (excludes halogenated alkanes) is 1. The molecule has 5 aromatic rings. The van der Waals surface area contributed by atoms with Gasteiger partial charge in [0, 0.05) is 76.3 Å². The zero-order valence-electron chi connectivity index (χ0n) is 31.9. The quantitative estimate of drug-likeness (QED) is 0.0623. The Hall–Kier alpha value is -5.61. The molecule has 0 saturated carbocycles. The van der Waals surface area contributed by atoms with Crippen LogP contribution >= 0.6 is 11.3 Å². The third-order valence-corrected chi connectivity index (χ3v) is 10.9. The second-order valence-corrected chi connectivity index (χ2v) is 15.0. The van der Waals surface area contributed by atoms with Gasteiger partial charge in [0.25, 0.3) is 0 Å². The molecule has 2 aromatic heterocycles. The Kier molecular flexibility index (Phi) is 14.4. The lowest BCUT2D eigenvalue weighted by Crippen LogP contribution is -2.40. The fourth-order valence-corrected chi connectivity index (χ4v) is 7.55. The highest BCUT2D eigenvalue weighted by Gasteiger charge is 2.24. The van der Waals surface area contributed by atoms with Crippen molar-refractivity contribution in [1.82, 2.24) is 25.1 Å². The summed E-state index contributed by atoms with van der Waals surface area (Å²) in [6.07, 6.45) is 1.93. The lowest BCUT2D eigenvalue weighted by Gasteiger charge is -2.31. The lowest BCUT2D eigenvalue weighted by atomic mass is 10.0. The Morgan fingerprint density at radius 2 is 1.75 bits per heavy atom. The SMILES string of the molecule is CN(CCCCC(=O)Nc1ccc(CNC[C@H](O)c2ccc(O)c3[nH]c(=O)ccc23)cc1)C(=O)CCN1CCC(OC(=O)Nc2ncsc2-c2ccccc2)CC1. The fraction of sp³-hybridized carbons (Fsp3) is 0.357. The van der Waals surface area contributed by atoms with Crippen LogP contribution in [0.1, 0.15) is 55.8 Å². The Bertz CT molecular complexity index is 2170. The van der Waals surface area contributed by atoms with E-state index >= 15 is 0 Å². The van der Waals surface area contributed by atoms with Gasteiger partial charge in [-0.25, -0.2) is 9.78 Å². The number of nitrogens with zero attached hydrogens (tertiary/aromatic N) is 3. The molecule has 0 spiro atoms. The summed E-state index contributed by atoms with van der Waals surface area (Å²) in [5, 5.41) is 30.4. The number of fused-ring (bicyclic) bond motifs is 1. The highest BCUT2D eigenvalue weighted by atomic mass is 32.1. The maximum atomic E-state index is 12.8. The molecule has 0 unspecified atom stereocenters. The van der Waals surface area contributed by atoms with Gasteiger partial charge < -0.3 is 40.4 Å². The zero-order valence-corrected chi connectivity index (χ0v) is 32.7. The minimum absolute atomic E-state index is 0.0576. The third-order valence-electron chi connectivity index (χ3n) is 10.0. The van der Waals surface area contributed by atoms with E-state index in [0.717, 1.165) is 29.1 Å². The van der Waals surface area contributed by atoms with E-state index in [1.165, 1.54) is 23.5 Å². The normalized spacial score (nSPS) is 13.9. The molecular weight excluding hydrogens is 747 g/mol. The van der Waals surface area contributed by atoms with E-state index in [-0.39, 0.29) is 41.3 Å². The molecule has 1 atom stereocenters. The Balaban J connectivity index is 0.810. The molecule has 3 heterocycles. The Labute approximate surface area is 334 Å². The number of phenols is 1. The van der Waals surface area contributed by atoms with Gasteiger partial charge in [-0.3, -0.25) is 19.7 Å². The maximum Gasteiger partial charge on any atom is 0.413 e. The van der Waals surface area contributed by atoms with Gasteiger partial charge in [0.15, 0.2) is 5.82 Å². The number of nitrogens with one attached hydrogen (secondary N) is 4. The molecule has 0 radical (unpaired) electrons. The topological polar surface area (TPSA) is 189 Å².